The molecule has 9 nitrogen and oxygen atoms in total. The van der Waals surface area contributed by atoms with Crippen LogP contribution in [0.15, 0.2) is 41.3 Å². The van der Waals surface area contributed by atoms with Gasteiger partial charge in [0.05, 0.1) is 42.7 Å². The van der Waals surface area contributed by atoms with Crippen LogP contribution < -0.4 is 10.1 Å². The number of esters is 1. The van der Waals surface area contributed by atoms with E-state index in [1.54, 1.807) is 19.9 Å². The molecule has 1 amide bonds. The van der Waals surface area contributed by atoms with Gasteiger partial charge in [-0.2, -0.15) is 4.31 Å². The first-order valence-electron chi connectivity index (χ1n) is 10.1. The van der Waals surface area contributed by atoms with Gasteiger partial charge >= 0.3 is 5.97 Å². The Bertz CT molecular complexity index is 1160. The summed E-state index contributed by atoms with van der Waals surface area (Å²) in [6.45, 7) is 3.93. The average molecular weight is 497 g/mol. The van der Waals surface area contributed by atoms with Crippen molar-refractivity contribution >= 4 is 39.2 Å². The van der Waals surface area contributed by atoms with Crippen molar-refractivity contribution in [3.05, 3.63) is 52.5 Å². The monoisotopic (exact) mass is 496 g/mol. The van der Waals surface area contributed by atoms with Crippen LogP contribution in [0, 0.1) is 0 Å². The maximum atomic E-state index is 13.3. The molecular weight excluding hydrogens is 472 g/mol. The summed E-state index contributed by atoms with van der Waals surface area (Å²) in [4.78, 5) is 24.9. The molecule has 2 aromatic carbocycles. The van der Waals surface area contributed by atoms with E-state index in [0.29, 0.717) is 5.75 Å². The molecule has 0 bridgehead atoms. The van der Waals surface area contributed by atoms with Crippen LogP contribution in [0.4, 0.5) is 5.69 Å². The Hall–Kier alpha value is -2.66. The number of morpholine rings is 1. The number of amides is 1. The minimum atomic E-state index is -3.97. The lowest BCUT2D eigenvalue weighted by Gasteiger charge is -2.34. The predicted octanol–water partition coefficient (Wildman–Crippen LogP) is 3.19. The number of hydrogen-bond acceptors (Lipinski definition) is 7. The van der Waals surface area contributed by atoms with Crippen LogP contribution in [-0.2, 0) is 19.5 Å². The van der Waals surface area contributed by atoms with Crippen molar-refractivity contribution in [1.29, 1.82) is 0 Å². The highest BCUT2D eigenvalue weighted by molar-refractivity contribution is 7.89. The number of halogens is 1. The fourth-order valence-electron chi connectivity index (χ4n) is 3.54. The third-order valence-corrected chi connectivity index (χ3v) is 7.39. The molecule has 1 fully saturated rings. The Kier molecular flexibility index (Phi) is 7.63. The van der Waals surface area contributed by atoms with Gasteiger partial charge < -0.3 is 19.5 Å². The summed E-state index contributed by atoms with van der Waals surface area (Å²) in [7, 11) is -1.31. The number of carbonyl (C=O) groups is 2. The first-order valence-corrected chi connectivity index (χ1v) is 11.9. The van der Waals surface area contributed by atoms with Gasteiger partial charge in [0, 0.05) is 18.7 Å². The van der Waals surface area contributed by atoms with E-state index in [9.17, 15) is 18.0 Å². The molecule has 33 heavy (non-hydrogen) atoms. The van der Waals surface area contributed by atoms with Crippen molar-refractivity contribution in [2.45, 2.75) is 31.0 Å². The average Bonchev–Trinajstić information content (AvgIpc) is 2.78. The van der Waals surface area contributed by atoms with E-state index in [0.717, 1.165) is 0 Å². The van der Waals surface area contributed by atoms with Crippen LogP contribution in [0.25, 0.3) is 0 Å². The molecule has 178 valence electrons. The SMILES string of the molecule is COC(=O)c1cc(OC)ccc1NC(=O)c1ccc(Cl)c(S(=O)(=O)N2CC(C)OC(C)C2)c1. The third-order valence-electron chi connectivity index (χ3n) is 5.08. The molecule has 11 heteroatoms. The van der Waals surface area contributed by atoms with E-state index < -0.39 is 21.9 Å². The van der Waals surface area contributed by atoms with Crippen LogP contribution in [0.5, 0.6) is 5.75 Å². The van der Waals surface area contributed by atoms with E-state index in [2.05, 4.69) is 5.32 Å². The molecule has 1 heterocycles. The highest BCUT2D eigenvalue weighted by Gasteiger charge is 2.34. The molecule has 1 aliphatic rings. The molecule has 3 rings (SSSR count). The molecule has 2 unspecified atom stereocenters. The molecule has 0 saturated carbocycles. The molecule has 1 aliphatic heterocycles. The lowest BCUT2D eigenvalue weighted by atomic mass is 10.1. The maximum absolute atomic E-state index is 13.3. The van der Waals surface area contributed by atoms with Gasteiger partial charge in [-0.1, -0.05) is 11.6 Å². The normalized spacial score (nSPS) is 19.1. The Morgan fingerprint density at radius 3 is 2.36 bits per heavy atom. The summed E-state index contributed by atoms with van der Waals surface area (Å²) < 4.78 is 43.3. The molecule has 0 radical (unpaired) electrons. The Morgan fingerprint density at radius 1 is 1.09 bits per heavy atom. The summed E-state index contributed by atoms with van der Waals surface area (Å²) in [6, 6.07) is 8.47. The number of benzene rings is 2. The molecule has 0 aliphatic carbocycles. The Morgan fingerprint density at radius 2 is 1.76 bits per heavy atom. The first-order chi connectivity index (χ1) is 15.6. The number of sulfonamides is 1. The molecule has 2 aromatic rings. The van der Waals surface area contributed by atoms with E-state index in [4.69, 9.17) is 25.8 Å². The summed E-state index contributed by atoms with van der Waals surface area (Å²) in [5.74, 6) is -0.886. The first kappa shape index (κ1) is 25.0. The van der Waals surface area contributed by atoms with Gasteiger partial charge in [0.15, 0.2) is 0 Å². The van der Waals surface area contributed by atoms with Gasteiger partial charge in [0.2, 0.25) is 10.0 Å². The van der Waals surface area contributed by atoms with Crippen LogP contribution >= 0.6 is 11.6 Å². The second-order valence-electron chi connectivity index (χ2n) is 7.58. The second kappa shape index (κ2) is 10.1. The fraction of sp³-hybridized carbons (Fsp3) is 0.364. The quantitative estimate of drug-likeness (QED) is 0.611. The third kappa shape index (κ3) is 5.47. The van der Waals surface area contributed by atoms with Crippen LogP contribution in [0.2, 0.25) is 5.02 Å². The smallest absolute Gasteiger partial charge is 0.340 e. The van der Waals surface area contributed by atoms with Crippen LogP contribution in [0.1, 0.15) is 34.6 Å². The van der Waals surface area contributed by atoms with Crippen molar-refractivity contribution < 1.29 is 32.2 Å². The zero-order chi connectivity index (χ0) is 24.3. The van der Waals surface area contributed by atoms with E-state index in [-0.39, 0.29) is 52.0 Å². The summed E-state index contributed by atoms with van der Waals surface area (Å²) >= 11 is 6.21. The molecule has 0 aromatic heterocycles. The molecular formula is C22H25ClN2O7S. The second-order valence-corrected chi connectivity index (χ2v) is 9.90. The number of carbonyl (C=O) groups excluding carboxylic acids is 2. The maximum Gasteiger partial charge on any atom is 0.340 e. The molecule has 1 saturated heterocycles. The highest BCUT2D eigenvalue weighted by Crippen LogP contribution is 2.29. The van der Waals surface area contributed by atoms with Crippen molar-refractivity contribution in [3.8, 4) is 5.75 Å². The van der Waals surface area contributed by atoms with Crippen molar-refractivity contribution in [2.75, 3.05) is 32.6 Å². The number of anilines is 1. The number of rotatable bonds is 6. The van der Waals surface area contributed by atoms with Crippen molar-refractivity contribution in [1.82, 2.24) is 4.31 Å². The lowest BCUT2D eigenvalue weighted by Crippen LogP contribution is -2.48. The topological polar surface area (TPSA) is 111 Å². The highest BCUT2D eigenvalue weighted by atomic mass is 35.5. The lowest BCUT2D eigenvalue weighted by molar-refractivity contribution is -0.0440. The number of ether oxygens (including phenoxy) is 3. The van der Waals surface area contributed by atoms with Gasteiger partial charge in [-0.3, -0.25) is 4.79 Å². The summed E-state index contributed by atoms with van der Waals surface area (Å²) in [5, 5.41) is 2.62. The van der Waals surface area contributed by atoms with Gasteiger partial charge in [0.1, 0.15) is 10.6 Å². The van der Waals surface area contributed by atoms with E-state index >= 15 is 0 Å². The Labute approximate surface area is 197 Å². The zero-order valence-corrected chi connectivity index (χ0v) is 20.2. The van der Waals surface area contributed by atoms with Crippen molar-refractivity contribution in [3.63, 3.8) is 0 Å². The standard InChI is InChI=1S/C22H25ClN2O7S/c1-13-11-25(12-14(2)32-13)33(28,29)20-9-15(5-7-18(20)23)21(26)24-19-8-6-16(30-3)10-17(19)22(27)31-4/h5-10,13-14H,11-12H2,1-4H3,(H,24,26). The number of hydrogen-bond donors (Lipinski definition) is 1. The van der Waals surface area contributed by atoms with Gasteiger partial charge in [-0.15, -0.1) is 0 Å². The van der Waals surface area contributed by atoms with Gasteiger partial charge in [-0.05, 0) is 50.2 Å². The van der Waals surface area contributed by atoms with Crippen LogP contribution in [0.3, 0.4) is 0 Å². The summed E-state index contributed by atoms with van der Waals surface area (Å²) in [5.41, 5.74) is 0.324. The minimum Gasteiger partial charge on any atom is -0.497 e. The minimum absolute atomic E-state index is 0.00181. The molecule has 2 atom stereocenters. The fourth-order valence-corrected chi connectivity index (χ4v) is 5.63. The summed E-state index contributed by atoms with van der Waals surface area (Å²) in [6.07, 6.45) is -0.554. The van der Waals surface area contributed by atoms with Crippen molar-refractivity contribution in [2.24, 2.45) is 0 Å². The van der Waals surface area contributed by atoms with Gasteiger partial charge in [-0.25, -0.2) is 13.2 Å². The molecule has 1 N–H and O–H groups in total. The number of nitrogens with one attached hydrogen (secondary N) is 1. The van der Waals surface area contributed by atoms with E-state index in [1.807, 2.05) is 0 Å². The van der Waals surface area contributed by atoms with Gasteiger partial charge in [0.25, 0.3) is 5.91 Å². The number of nitrogens with zero attached hydrogens (tertiary/aromatic N) is 1. The largest absolute Gasteiger partial charge is 0.497 e. The van der Waals surface area contributed by atoms with Crippen LogP contribution in [-0.4, -0.2) is 64.1 Å². The number of methoxy groups -OCH3 is 2. The van der Waals surface area contributed by atoms with E-state index in [1.165, 1.54) is 48.9 Å². The Balaban J connectivity index is 1.92. The zero-order valence-electron chi connectivity index (χ0n) is 18.6. The predicted molar refractivity (Wildman–Crippen MR) is 123 cm³/mol. The molecule has 0 spiro atoms.